The van der Waals surface area contributed by atoms with Crippen molar-refractivity contribution in [1.29, 1.82) is 5.26 Å². The maximum atomic E-state index is 9.47. The van der Waals surface area contributed by atoms with Gasteiger partial charge in [-0.1, -0.05) is 60.7 Å². The second kappa shape index (κ2) is 5.51. The molecular weight excluding hydrogens is 218 g/mol. The minimum Gasteiger partial charge on any atom is -0.197 e. The van der Waals surface area contributed by atoms with Gasteiger partial charge in [-0.3, -0.25) is 0 Å². The number of benzene rings is 2. The minimum atomic E-state index is -0.406. The van der Waals surface area contributed by atoms with Gasteiger partial charge in [0, 0.05) is 0 Å². The number of hydrogen-bond acceptors (Lipinski definition) is 1. The zero-order chi connectivity index (χ0) is 12.8. The number of aryl methyl sites for hydroxylation is 1. The summed E-state index contributed by atoms with van der Waals surface area (Å²) in [5, 5.41) is 9.47. The molecule has 0 amide bonds. The monoisotopic (exact) mass is 235 g/mol. The van der Waals surface area contributed by atoms with E-state index >= 15 is 0 Å². The first-order valence-corrected chi connectivity index (χ1v) is 6.25. The van der Waals surface area contributed by atoms with Crippen molar-refractivity contribution in [2.45, 2.75) is 25.2 Å². The lowest BCUT2D eigenvalue weighted by atomic mass is 9.79. The second-order valence-electron chi connectivity index (χ2n) is 4.80. The maximum Gasteiger partial charge on any atom is 0.0797 e. The summed E-state index contributed by atoms with van der Waals surface area (Å²) in [5.41, 5.74) is 1.98. The third-order valence-corrected chi connectivity index (χ3v) is 3.41. The molecule has 2 rings (SSSR count). The van der Waals surface area contributed by atoms with Gasteiger partial charge in [-0.15, -0.1) is 0 Å². The van der Waals surface area contributed by atoms with Gasteiger partial charge in [-0.2, -0.15) is 5.26 Å². The van der Waals surface area contributed by atoms with Crippen molar-refractivity contribution in [1.82, 2.24) is 0 Å². The minimum absolute atomic E-state index is 0.406. The van der Waals surface area contributed by atoms with Gasteiger partial charge >= 0.3 is 0 Å². The Balaban J connectivity index is 2.13. The number of rotatable bonds is 4. The summed E-state index contributed by atoms with van der Waals surface area (Å²) < 4.78 is 0. The second-order valence-corrected chi connectivity index (χ2v) is 4.80. The predicted octanol–water partition coefficient (Wildman–Crippen LogP) is 4.10. The molecule has 0 saturated carbocycles. The summed E-state index contributed by atoms with van der Waals surface area (Å²) in [6.07, 6.45) is 1.78. The number of nitrogens with zero attached hydrogens (tertiary/aromatic N) is 1. The van der Waals surface area contributed by atoms with Crippen molar-refractivity contribution in [2.75, 3.05) is 0 Å². The van der Waals surface area contributed by atoms with Crippen molar-refractivity contribution >= 4 is 0 Å². The molecule has 0 aliphatic heterocycles. The third-order valence-electron chi connectivity index (χ3n) is 3.41. The van der Waals surface area contributed by atoms with E-state index in [2.05, 4.69) is 18.2 Å². The Kier molecular flexibility index (Phi) is 3.79. The van der Waals surface area contributed by atoms with E-state index in [0.29, 0.717) is 0 Å². The molecule has 2 aromatic rings. The molecule has 1 atom stereocenters. The Hall–Kier alpha value is -2.07. The van der Waals surface area contributed by atoms with E-state index in [1.807, 2.05) is 55.5 Å². The molecule has 18 heavy (non-hydrogen) atoms. The summed E-state index contributed by atoms with van der Waals surface area (Å²) >= 11 is 0. The predicted molar refractivity (Wildman–Crippen MR) is 74.2 cm³/mol. The largest absolute Gasteiger partial charge is 0.197 e. The van der Waals surface area contributed by atoms with Crippen molar-refractivity contribution in [3.8, 4) is 6.07 Å². The van der Waals surface area contributed by atoms with E-state index in [0.717, 1.165) is 18.4 Å². The van der Waals surface area contributed by atoms with Crippen LogP contribution >= 0.6 is 0 Å². The molecule has 0 radical (unpaired) electrons. The first kappa shape index (κ1) is 12.4. The van der Waals surface area contributed by atoms with Crippen LogP contribution in [0.15, 0.2) is 60.7 Å². The number of hydrogen-bond donors (Lipinski definition) is 0. The Morgan fingerprint density at radius 3 is 2.06 bits per heavy atom. The van der Waals surface area contributed by atoms with Gasteiger partial charge in [0.2, 0.25) is 0 Å². The van der Waals surface area contributed by atoms with Crippen LogP contribution in [-0.2, 0) is 11.8 Å². The lowest BCUT2D eigenvalue weighted by molar-refractivity contribution is 0.553. The molecule has 1 unspecified atom stereocenters. The smallest absolute Gasteiger partial charge is 0.0797 e. The standard InChI is InChI=1S/C17H17N/c1-17(14-18,16-10-6-3-7-11-16)13-12-15-8-4-2-5-9-15/h2-11H,12-13H2,1H3. The highest BCUT2D eigenvalue weighted by Crippen LogP contribution is 2.28. The molecule has 1 heteroatoms. The Morgan fingerprint density at radius 1 is 0.944 bits per heavy atom. The normalized spacial score (nSPS) is 13.6. The molecule has 2 aromatic carbocycles. The van der Waals surface area contributed by atoms with E-state index < -0.39 is 5.41 Å². The van der Waals surface area contributed by atoms with Crippen molar-refractivity contribution < 1.29 is 0 Å². The van der Waals surface area contributed by atoms with Crippen LogP contribution in [0.5, 0.6) is 0 Å². The molecular formula is C17H17N. The van der Waals surface area contributed by atoms with Crippen LogP contribution < -0.4 is 0 Å². The Morgan fingerprint density at radius 2 is 1.50 bits per heavy atom. The summed E-state index contributed by atoms with van der Waals surface area (Å²) in [6, 6.07) is 22.8. The van der Waals surface area contributed by atoms with E-state index in [-0.39, 0.29) is 0 Å². The molecule has 0 fully saturated rings. The zero-order valence-corrected chi connectivity index (χ0v) is 10.6. The zero-order valence-electron chi connectivity index (χ0n) is 10.6. The summed E-state index contributed by atoms with van der Waals surface area (Å²) in [7, 11) is 0. The fourth-order valence-corrected chi connectivity index (χ4v) is 2.11. The van der Waals surface area contributed by atoms with Gasteiger partial charge in [-0.25, -0.2) is 0 Å². The molecule has 1 nitrogen and oxygen atoms in total. The van der Waals surface area contributed by atoms with Gasteiger partial charge in [0.1, 0.15) is 0 Å². The Labute approximate surface area is 109 Å². The average molecular weight is 235 g/mol. The van der Waals surface area contributed by atoms with Crippen LogP contribution in [0.3, 0.4) is 0 Å². The van der Waals surface area contributed by atoms with E-state index in [9.17, 15) is 5.26 Å². The topological polar surface area (TPSA) is 23.8 Å². The molecule has 0 saturated heterocycles. The highest BCUT2D eigenvalue weighted by molar-refractivity contribution is 5.31. The fourth-order valence-electron chi connectivity index (χ4n) is 2.11. The first-order chi connectivity index (χ1) is 8.74. The quantitative estimate of drug-likeness (QED) is 0.782. The van der Waals surface area contributed by atoms with Crippen LogP contribution in [0.25, 0.3) is 0 Å². The highest BCUT2D eigenvalue weighted by Gasteiger charge is 2.25. The van der Waals surface area contributed by atoms with Crippen LogP contribution in [-0.4, -0.2) is 0 Å². The molecule has 0 spiro atoms. The highest BCUT2D eigenvalue weighted by atomic mass is 14.4. The van der Waals surface area contributed by atoms with Gasteiger partial charge < -0.3 is 0 Å². The lowest BCUT2D eigenvalue weighted by Gasteiger charge is -2.22. The number of nitriles is 1. The summed E-state index contributed by atoms with van der Waals surface area (Å²) in [6.45, 7) is 2.02. The molecule has 0 N–H and O–H groups in total. The maximum absolute atomic E-state index is 9.47. The Bertz CT molecular complexity index is 525. The fraction of sp³-hybridized carbons (Fsp3) is 0.235. The van der Waals surface area contributed by atoms with E-state index in [1.54, 1.807) is 0 Å². The molecule has 0 aliphatic carbocycles. The van der Waals surface area contributed by atoms with Crippen LogP contribution in [0.4, 0.5) is 0 Å². The van der Waals surface area contributed by atoms with Gasteiger partial charge in [0.15, 0.2) is 0 Å². The molecule has 0 aromatic heterocycles. The summed E-state index contributed by atoms with van der Waals surface area (Å²) in [5.74, 6) is 0. The van der Waals surface area contributed by atoms with Crippen molar-refractivity contribution in [2.24, 2.45) is 0 Å². The molecule has 0 heterocycles. The lowest BCUT2D eigenvalue weighted by Crippen LogP contribution is -2.20. The first-order valence-electron chi connectivity index (χ1n) is 6.25. The van der Waals surface area contributed by atoms with Gasteiger partial charge in [0.05, 0.1) is 11.5 Å². The van der Waals surface area contributed by atoms with Crippen molar-refractivity contribution in [3.63, 3.8) is 0 Å². The van der Waals surface area contributed by atoms with Gasteiger partial charge in [0.25, 0.3) is 0 Å². The van der Waals surface area contributed by atoms with E-state index in [4.69, 9.17) is 0 Å². The van der Waals surface area contributed by atoms with Crippen molar-refractivity contribution in [3.05, 3.63) is 71.8 Å². The summed E-state index contributed by atoms with van der Waals surface area (Å²) in [4.78, 5) is 0. The third kappa shape index (κ3) is 2.78. The molecule has 0 aliphatic rings. The molecule has 90 valence electrons. The van der Waals surface area contributed by atoms with Crippen LogP contribution in [0.2, 0.25) is 0 Å². The SMILES string of the molecule is CC(C#N)(CCc1ccccc1)c1ccccc1. The van der Waals surface area contributed by atoms with Crippen LogP contribution in [0.1, 0.15) is 24.5 Å². The average Bonchev–Trinajstić information content (AvgIpc) is 2.47. The molecule has 0 bridgehead atoms. The van der Waals surface area contributed by atoms with Gasteiger partial charge in [-0.05, 0) is 30.9 Å². The van der Waals surface area contributed by atoms with Crippen LogP contribution in [0, 0.1) is 11.3 Å². The van der Waals surface area contributed by atoms with E-state index in [1.165, 1.54) is 5.56 Å².